The molecule has 0 saturated heterocycles. The lowest BCUT2D eigenvalue weighted by Gasteiger charge is -2.38. The molecule has 6 nitrogen and oxygen atoms in total. The summed E-state index contributed by atoms with van der Waals surface area (Å²) in [6.07, 6.45) is 5.36. The maximum absolute atomic E-state index is 13.0. The number of amides is 2. The largest absolute Gasteiger partial charge is 0.465 e. The van der Waals surface area contributed by atoms with Crippen molar-refractivity contribution in [2.24, 2.45) is 0 Å². The van der Waals surface area contributed by atoms with Crippen LogP contribution in [0.15, 0.2) is 36.5 Å². The second-order valence-electron chi connectivity index (χ2n) is 7.85. The Labute approximate surface area is 187 Å². The molecule has 30 heavy (non-hydrogen) atoms. The van der Waals surface area contributed by atoms with Crippen LogP contribution >= 0.6 is 23.2 Å². The van der Waals surface area contributed by atoms with Crippen LogP contribution in [0.25, 0.3) is 0 Å². The molecular formula is C22H27Cl2N3O3. The molecule has 2 aliphatic rings. The topological polar surface area (TPSA) is 65.8 Å². The van der Waals surface area contributed by atoms with Gasteiger partial charge in [0.05, 0.1) is 16.1 Å². The number of hydrogen-bond donors (Lipinski definition) is 1. The molecule has 1 saturated carbocycles. The van der Waals surface area contributed by atoms with E-state index in [9.17, 15) is 14.7 Å². The summed E-state index contributed by atoms with van der Waals surface area (Å²) in [5.41, 5.74) is 1.79. The minimum Gasteiger partial charge on any atom is -0.465 e. The van der Waals surface area contributed by atoms with Gasteiger partial charge in [0.15, 0.2) is 0 Å². The van der Waals surface area contributed by atoms with Crippen LogP contribution < -0.4 is 0 Å². The van der Waals surface area contributed by atoms with Crippen molar-refractivity contribution in [2.75, 3.05) is 13.1 Å². The van der Waals surface area contributed by atoms with Crippen molar-refractivity contribution < 1.29 is 14.7 Å². The highest BCUT2D eigenvalue weighted by Crippen LogP contribution is 2.35. The summed E-state index contributed by atoms with van der Waals surface area (Å²) in [7, 11) is 0. The van der Waals surface area contributed by atoms with Crippen molar-refractivity contribution in [2.45, 2.75) is 51.7 Å². The Morgan fingerprint density at radius 2 is 1.83 bits per heavy atom. The molecule has 0 radical (unpaired) electrons. The van der Waals surface area contributed by atoms with E-state index in [0.29, 0.717) is 23.1 Å². The number of aromatic nitrogens is 1. The van der Waals surface area contributed by atoms with Gasteiger partial charge in [-0.25, -0.2) is 4.79 Å². The normalized spacial score (nSPS) is 17.1. The van der Waals surface area contributed by atoms with E-state index >= 15 is 0 Å². The maximum Gasteiger partial charge on any atom is 0.407 e. The van der Waals surface area contributed by atoms with Crippen LogP contribution in [0.1, 0.15) is 50.4 Å². The van der Waals surface area contributed by atoms with Gasteiger partial charge in [-0.1, -0.05) is 48.5 Å². The first-order valence-corrected chi connectivity index (χ1v) is 10.9. The van der Waals surface area contributed by atoms with Gasteiger partial charge < -0.3 is 14.6 Å². The van der Waals surface area contributed by atoms with Crippen LogP contribution in [0.2, 0.25) is 10.0 Å². The number of carbonyl (C=O) groups is 2. The number of fused-ring (bicyclic) bond motifs is 1. The monoisotopic (exact) mass is 451 g/mol. The lowest BCUT2D eigenvalue weighted by molar-refractivity contribution is -0.135. The summed E-state index contributed by atoms with van der Waals surface area (Å²) < 4.78 is 2.09. The molecule has 1 aromatic carbocycles. The zero-order chi connectivity index (χ0) is 21.8. The van der Waals surface area contributed by atoms with Gasteiger partial charge in [-0.15, -0.1) is 0 Å². The average molecular weight is 452 g/mol. The first kappa shape index (κ1) is 22.5. The highest BCUT2D eigenvalue weighted by molar-refractivity contribution is 6.42. The standard InChI is InChI=1S/C19H21Cl2N3O3.C3H6/c1-12(2)24(19(26)27)11-17(25)23-9-8-22-7-3-4-16(22)18(23)13-5-6-14(20)15(21)10-13;1-2-3-1/h3-7,10,12,18H,8-9,11H2,1-2H3,(H,26,27);1-3H2. The molecule has 8 heteroatoms. The van der Waals surface area contributed by atoms with Crippen LogP contribution in [0.3, 0.4) is 0 Å². The molecule has 0 bridgehead atoms. The fourth-order valence-electron chi connectivity index (χ4n) is 3.39. The van der Waals surface area contributed by atoms with E-state index in [1.165, 1.54) is 19.3 Å². The van der Waals surface area contributed by atoms with Crippen molar-refractivity contribution in [1.82, 2.24) is 14.4 Å². The van der Waals surface area contributed by atoms with E-state index in [2.05, 4.69) is 4.57 Å². The lowest BCUT2D eigenvalue weighted by Crippen LogP contribution is -2.49. The van der Waals surface area contributed by atoms with Gasteiger partial charge in [-0.3, -0.25) is 9.69 Å². The molecule has 1 atom stereocenters. The third-order valence-corrected chi connectivity index (χ3v) is 5.89. The number of hydrogen-bond acceptors (Lipinski definition) is 2. The fraction of sp³-hybridized carbons (Fsp3) is 0.455. The summed E-state index contributed by atoms with van der Waals surface area (Å²) in [5, 5.41) is 10.2. The minimum absolute atomic E-state index is 0.189. The van der Waals surface area contributed by atoms with E-state index in [4.69, 9.17) is 23.2 Å². The van der Waals surface area contributed by atoms with Gasteiger partial charge in [0.1, 0.15) is 6.54 Å². The quantitative estimate of drug-likeness (QED) is 0.686. The molecule has 1 fully saturated rings. The summed E-state index contributed by atoms with van der Waals surface area (Å²) in [4.78, 5) is 27.4. The van der Waals surface area contributed by atoms with Gasteiger partial charge in [-0.2, -0.15) is 0 Å². The zero-order valence-corrected chi connectivity index (χ0v) is 18.7. The Morgan fingerprint density at radius 1 is 1.13 bits per heavy atom. The number of benzene rings is 1. The maximum atomic E-state index is 13.0. The predicted molar refractivity (Wildman–Crippen MR) is 118 cm³/mol. The van der Waals surface area contributed by atoms with Crippen molar-refractivity contribution in [3.63, 3.8) is 0 Å². The van der Waals surface area contributed by atoms with Crippen molar-refractivity contribution in [1.29, 1.82) is 0 Å². The number of carbonyl (C=O) groups excluding carboxylic acids is 1. The Kier molecular flexibility index (Phi) is 7.32. The SMILES string of the molecule is C1CC1.CC(C)N(CC(=O)N1CCn2cccc2C1c1ccc(Cl)c(Cl)c1)C(=O)O. The Bertz CT molecular complexity index is 908. The van der Waals surface area contributed by atoms with Gasteiger partial charge >= 0.3 is 6.09 Å². The molecule has 162 valence electrons. The summed E-state index contributed by atoms with van der Waals surface area (Å²) >= 11 is 12.2. The van der Waals surface area contributed by atoms with Crippen LogP contribution in [-0.4, -0.2) is 50.6 Å². The van der Waals surface area contributed by atoms with Gasteiger partial charge in [0, 0.05) is 31.0 Å². The number of halogens is 2. The highest BCUT2D eigenvalue weighted by atomic mass is 35.5. The van der Waals surface area contributed by atoms with E-state index in [1.54, 1.807) is 30.9 Å². The molecule has 1 aliphatic carbocycles. The number of nitrogens with zero attached hydrogens (tertiary/aromatic N) is 3. The van der Waals surface area contributed by atoms with Crippen molar-refractivity contribution >= 4 is 35.2 Å². The first-order valence-electron chi connectivity index (χ1n) is 10.2. The first-order chi connectivity index (χ1) is 14.3. The van der Waals surface area contributed by atoms with Gasteiger partial charge in [0.25, 0.3) is 0 Å². The van der Waals surface area contributed by atoms with Crippen LogP contribution in [0.5, 0.6) is 0 Å². The molecule has 0 spiro atoms. The fourth-order valence-corrected chi connectivity index (χ4v) is 3.70. The van der Waals surface area contributed by atoms with Gasteiger partial charge in [-0.05, 0) is 43.7 Å². The molecule has 1 N–H and O–H groups in total. The second kappa shape index (κ2) is 9.75. The molecule has 2 aromatic rings. The van der Waals surface area contributed by atoms with Crippen LogP contribution in [0.4, 0.5) is 4.79 Å². The van der Waals surface area contributed by atoms with Crippen LogP contribution in [0, 0.1) is 0 Å². The Balaban J connectivity index is 0.000000782. The minimum atomic E-state index is -1.11. The highest BCUT2D eigenvalue weighted by Gasteiger charge is 2.34. The smallest absolute Gasteiger partial charge is 0.407 e. The third kappa shape index (κ3) is 5.29. The molecule has 4 rings (SSSR count). The average Bonchev–Trinajstić information content (AvgIpc) is 3.51. The molecule has 2 heterocycles. The number of carboxylic acid groups (broad SMARTS) is 1. The third-order valence-electron chi connectivity index (χ3n) is 5.15. The number of rotatable bonds is 4. The van der Waals surface area contributed by atoms with Crippen molar-refractivity contribution in [3.8, 4) is 0 Å². The Morgan fingerprint density at radius 3 is 2.40 bits per heavy atom. The summed E-state index contributed by atoms with van der Waals surface area (Å²) in [5.74, 6) is -0.241. The summed E-state index contributed by atoms with van der Waals surface area (Å²) in [6, 6.07) is 8.58. The van der Waals surface area contributed by atoms with E-state index < -0.39 is 6.09 Å². The molecule has 1 unspecified atom stereocenters. The van der Waals surface area contributed by atoms with E-state index in [1.807, 2.05) is 24.4 Å². The molecule has 2 amide bonds. The predicted octanol–water partition coefficient (Wildman–Crippen LogP) is 5.29. The van der Waals surface area contributed by atoms with Crippen molar-refractivity contribution in [3.05, 3.63) is 57.8 Å². The van der Waals surface area contributed by atoms with E-state index in [-0.39, 0.29) is 24.5 Å². The second-order valence-corrected chi connectivity index (χ2v) is 8.67. The summed E-state index contributed by atoms with van der Waals surface area (Å²) in [6.45, 7) is 4.45. The molecule has 1 aliphatic heterocycles. The molecular weight excluding hydrogens is 425 g/mol. The van der Waals surface area contributed by atoms with Gasteiger partial charge in [0.2, 0.25) is 5.91 Å². The van der Waals surface area contributed by atoms with Crippen LogP contribution in [-0.2, 0) is 11.3 Å². The Hall–Kier alpha value is -2.18. The zero-order valence-electron chi connectivity index (χ0n) is 17.2. The van der Waals surface area contributed by atoms with E-state index in [0.717, 1.165) is 16.2 Å². The molecule has 1 aromatic heterocycles. The lowest BCUT2D eigenvalue weighted by atomic mass is 9.99.